The first kappa shape index (κ1) is 14.2. The highest BCUT2D eigenvalue weighted by molar-refractivity contribution is 7.25. The molecule has 0 aliphatic rings. The molecule has 0 spiro atoms. The molecule has 0 saturated heterocycles. The number of aromatic nitrogens is 1. The molecule has 0 N–H and O–H groups in total. The summed E-state index contributed by atoms with van der Waals surface area (Å²) in [4.78, 5) is 0. The highest BCUT2D eigenvalue weighted by atomic mass is 32.1. The van der Waals surface area contributed by atoms with Gasteiger partial charge in [-0.25, -0.2) is 0 Å². The Balaban J connectivity index is 1.74. The van der Waals surface area contributed by atoms with E-state index < -0.39 is 0 Å². The highest BCUT2D eigenvalue weighted by Gasteiger charge is 2.17. The third kappa shape index (κ3) is 1.69. The summed E-state index contributed by atoms with van der Waals surface area (Å²) in [6, 6.07) is 24.7. The predicted octanol–water partition coefficient (Wildman–Crippen LogP) is 7.80. The normalized spacial score (nSPS) is 12.4. The van der Waals surface area contributed by atoms with Crippen molar-refractivity contribution in [2.24, 2.45) is 0 Å². The van der Waals surface area contributed by atoms with E-state index in [1.54, 1.807) is 0 Å². The molecular formula is C24H13NS2. The molecular weight excluding hydrogens is 366 g/mol. The molecule has 3 heterocycles. The Hall–Kier alpha value is -2.88. The molecule has 1 nitrogen and oxygen atoms in total. The molecule has 0 radical (unpaired) electrons. The summed E-state index contributed by atoms with van der Waals surface area (Å²) in [6.45, 7) is 0. The molecule has 4 aromatic carbocycles. The topological polar surface area (TPSA) is 4.93 Å². The maximum absolute atomic E-state index is 2.45. The van der Waals surface area contributed by atoms with Crippen LogP contribution in [0.3, 0.4) is 0 Å². The molecule has 27 heavy (non-hydrogen) atoms. The van der Waals surface area contributed by atoms with Gasteiger partial charge in [-0.15, -0.1) is 22.7 Å². The number of thiophene rings is 2. The van der Waals surface area contributed by atoms with Crippen LogP contribution in [0, 0.1) is 0 Å². The Bertz CT molecular complexity index is 1560. The summed E-state index contributed by atoms with van der Waals surface area (Å²) in [5.74, 6) is 0. The van der Waals surface area contributed by atoms with E-state index >= 15 is 0 Å². The number of benzene rings is 4. The van der Waals surface area contributed by atoms with Gasteiger partial charge in [-0.3, -0.25) is 0 Å². The minimum atomic E-state index is 1.28. The van der Waals surface area contributed by atoms with Crippen LogP contribution in [-0.2, 0) is 0 Å². The van der Waals surface area contributed by atoms with Crippen LogP contribution >= 0.6 is 22.7 Å². The van der Waals surface area contributed by atoms with Gasteiger partial charge in [-0.1, -0.05) is 48.5 Å². The zero-order valence-corrected chi connectivity index (χ0v) is 15.9. The lowest BCUT2D eigenvalue weighted by atomic mass is 9.93. The minimum absolute atomic E-state index is 1.28. The molecule has 3 aromatic heterocycles. The van der Waals surface area contributed by atoms with Gasteiger partial charge in [0.05, 0.1) is 26.1 Å². The van der Waals surface area contributed by atoms with Crippen LogP contribution in [0.15, 0.2) is 77.5 Å². The molecule has 0 aliphatic heterocycles. The van der Waals surface area contributed by atoms with Crippen LogP contribution in [0.5, 0.6) is 0 Å². The second-order valence-electron chi connectivity index (χ2n) is 7.05. The van der Waals surface area contributed by atoms with Crippen molar-refractivity contribution in [3.8, 4) is 5.69 Å². The summed E-state index contributed by atoms with van der Waals surface area (Å²) >= 11 is 3.68. The molecule has 7 aromatic rings. The van der Waals surface area contributed by atoms with Crippen LogP contribution in [0.25, 0.3) is 58.4 Å². The first-order valence-corrected chi connectivity index (χ1v) is 10.8. The molecule has 3 heteroatoms. The van der Waals surface area contributed by atoms with Crippen molar-refractivity contribution in [2.45, 2.75) is 0 Å². The van der Waals surface area contributed by atoms with Gasteiger partial charge in [-0.2, -0.15) is 0 Å². The lowest BCUT2D eigenvalue weighted by molar-refractivity contribution is 1.20. The fourth-order valence-electron chi connectivity index (χ4n) is 4.60. The fraction of sp³-hybridized carbons (Fsp3) is 0. The van der Waals surface area contributed by atoms with Gasteiger partial charge < -0.3 is 4.57 Å². The number of hydrogen-bond donors (Lipinski definition) is 0. The molecule has 0 amide bonds. The van der Waals surface area contributed by atoms with E-state index in [9.17, 15) is 0 Å². The SMILES string of the molecule is c1cc2ccc3ccc(-n4c5ccsc5c5sccc54)c4ccc(c1)c2c34. The van der Waals surface area contributed by atoms with Crippen LogP contribution in [0.2, 0.25) is 0 Å². The molecule has 126 valence electrons. The second kappa shape index (κ2) is 4.89. The van der Waals surface area contributed by atoms with E-state index in [0.29, 0.717) is 0 Å². The van der Waals surface area contributed by atoms with E-state index in [1.165, 1.54) is 58.4 Å². The second-order valence-corrected chi connectivity index (χ2v) is 8.88. The maximum Gasteiger partial charge on any atom is 0.0704 e. The third-order valence-electron chi connectivity index (χ3n) is 5.72. The summed E-state index contributed by atoms with van der Waals surface area (Å²) in [6.07, 6.45) is 0. The number of fused-ring (bicyclic) bond motifs is 3. The summed E-state index contributed by atoms with van der Waals surface area (Å²) < 4.78 is 5.24. The Kier molecular flexibility index (Phi) is 2.57. The fourth-order valence-corrected chi connectivity index (χ4v) is 6.54. The number of nitrogens with zero attached hydrogens (tertiary/aromatic N) is 1. The smallest absolute Gasteiger partial charge is 0.0704 e. The Morgan fingerprint density at radius 1 is 0.556 bits per heavy atom. The maximum atomic E-state index is 2.45. The first-order chi connectivity index (χ1) is 13.4. The zero-order chi connectivity index (χ0) is 17.5. The monoisotopic (exact) mass is 379 g/mol. The number of hydrogen-bond acceptors (Lipinski definition) is 2. The lowest BCUT2D eigenvalue weighted by Gasteiger charge is -2.15. The Labute approximate surface area is 163 Å². The molecule has 0 saturated carbocycles. The highest BCUT2D eigenvalue weighted by Crippen LogP contribution is 2.42. The predicted molar refractivity (Wildman–Crippen MR) is 120 cm³/mol. The molecule has 0 bridgehead atoms. The largest absolute Gasteiger partial charge is 0.307 e. The Morgan fingerprint density at radius 2 is 1.15 bits per heavy atom. The van der Waals surface area contributed by atoms with Crippen LogP contribution in [0.4, 0.5) is 0 Å². The third-order valence-corrected chi connectivity index (χ3v) is 7.69. The van der Waals surface area contributed by atoms with Crippen molar-refractivity contribution in [3.05, 3.63) is 77.5 Å². The van der Waals surface area contributed by atoms with Crippen LogP contribution in [-0.4, -0.2) is 4.57 Å². The van der Waals surface area contributed by atoms with Gasteiger partial charge in [0.15, 0.2) is 0 Å². The van der Waals surface area contributed by atoms with Gasteiger partial charge in [-0.05, 0) is 55.9 Å². The van der Waals surface area contributed by atoms with Crippen molar-refractivity contribution in [1.29, 1.82) is 0 Å². The van der Waals surface area contributed by atoms with E-state index in [-0.39, 0.29) is 0 Å². The van der Waals surface area contributed by atoms with Crippen molar-refractivity contribution in [1.82, 2.24) is 4.57 Å². The minimum Gasteiger partial charge on any atom is -0.307 e. The molecule has 0 fully saturated rings. The average Bonchev–Trinajstić information content (AvgIpc) is 3.41. The standard InChI is InChI=1S/C24H13NS2/c1-2-14-4-5-16-7-9-18(17-8-6-15(3-1)21(14)22(16)17)25-19-10-12-26-23(19)24-20(25)11-13-27-24/h1-13H. The average molecular weight is 380 g/mol. The van der Waals surface area contributed by atoms with Gasteiger partial charge in [0.2, 0.25) is 0 Å². The van der Waals surface area contributed by atoms with Gasteiger partial charge in [0.25, 0.3) is 0 Å². The van der Waals surface area contributed by atoms with Gasteiger partial charge >= 0.3 is 0 Å². The molecule has 0 unspecified atom stereocenters. The van der Waals surface area contributed by atoms with Crippen molar-refractivity contribution < 1.29 is 0 Å². The van der Waals surface area contributed by atoms with E-state index in [0.717, 1.165) is 0 Å². The van der Waals surface area contributed by atoms with Crippen LogP contribution in [0.1, 0.15) is 0 Å². The first-order valence-electron chi connectivity index (χ1n) is 9.02. The van der Waals surface area contributed by atoms with Crippen molar-refractivity contribution in [3.63, 3.8) is 0 Å². The van der Waals surface area contributed by atoms with Crippen molar-refractivity contribution in [2.75, 3.05) is 0 Å². The molecule has 0 aliphatic carbocycles. The quantitative estimate of drug-likeness (QED) is 0.256. The molecule has 7 rings (SSSR count). The van der Waals surface area contributed by atoms with E-state index in [2.05, 4.69) is 82.1 Å². The van der Waals surface area contributed by atoms with E-state index in [4.69, 9.17) is 0 Å². The summed E-state index contributed by atoms with van der Waals surface area (Å²) in [5, 5.41) is 12.4. The van der Waals surface area contributed by atoms with Crippen LogP contribution < -0.4 is 0 Å². The van der Waals surface area contributed by atoms with Crippen molar-refractivity contribution >= 4 is 75.4 Å². The van der Waals surface area contributed by atoms with Gasteiger partial charge in [0, 0.05) is 5.39 Å². The number of rotatable bonds is 1. The van der Waals surface area contributed by atoms with E-state index in [1.807, 2.05) is 22.7 Å². The Morgan fingerprint density at radius 3 is 1.85 bits per heavy atom. The molecule has 0 atom stereocenters. The zero-order valence-electron chi connectivity index (χ0n) is 14.3. The van der Waals surface area contributed by atoms with Gasteiger partial charge in [0.1, 0.15) is 0 Å². The lowest BCUT2D eigenvalue weighted by Crippen LogP contribution is -1.95. The summed E-state index contributed by atoms with van der Waals surface area (Å²) in [5.41, 5.74) is 3.91. The summed E-state index contributed by atoms with van der Waals surface area (Å²) in [7, 11) is 0.